The van der Waals surface area contributed by atoms with Crippen LogP contribution in [0.5, 0.6) is 5.88 Å². The van der Waals surface area contributed by atoms with Crippen molar-refractivity contribution in [1.82, 2.24) is 19.9 Å². The highest BCUT2D eigenvalue weighted by Crippen LogP contribution is 2.18. The number of benzene rings is 1. The van der Waals surface area contributed by atoms with Crippen LogP contribution in [0.1, 0.15) is 24.1 Å². The van der Waals surface area contributed by atoms with E-state index in [-0.39, 0.29) is 0 Å². The van der Waals surface area contributed by atoms with Gasteiger partial charge in [0.15, 0.2) is 11.3 Å². The van der Waals surface area contributed by atoms with Gasteiger partial charge in [-0.25, -0.2) is 15.0 Å². The van der Waals surface area contributed by atoms with E-state index < -0.39 is 0 Å². The molecular weight excluding hydrogens is 362 g/mol. The van der Waals surface area contributed by atoms with Gasteiger partial charge in [0.1, 0.15) is 12.1 Å². The zero-order valence-corrected chi connectivity index (χ0v) is 16.9. The normalized spacial score (nSPS) is 13.9. The van der Waals surface area contributed by atoms with E-state index in [9.17, 15) is 0 Å². The minimum atomic E-state index is 0.474. The number of likely N-dealkylation sites (tertiary alicyclic amines) is 1. The average molecular weight is 387 g/mol. The highest BCUT2D eigenvalue weighted by molar-refractivity contribution is 5.71. The van der Waals surface area contributed by atoms with E-state index in [0.29, 0.717) is 29.3 Å². The van der Waals surface area contributed by atoms with Crippen molar-refractivity contribution in [2.75, 3.05) is 45.2 Å². The largest absolute Gasteiger partial charge is 0.474 e. The zero-order chi connectivity index (χ0) is 20.1. The van der Waals surface area contributed by atoms with Gasteiger partial charge in [-0.15, -0.1) is 0 Å². The molecule has 1 fully saturated rings. The van der Waals surface area contributed by atoms with E-state index in [0.717, 1.165) is 30.9 Å². The molecule has 4 rings (SSSR count). The van der Waals surface area contributed by atoms with Crippen LogP contribution >= 0.6 is 0 Å². The molecule has 148 valence electrons. The second kappa shape index (κ2) is 8.89. The van der Waals surface area contributed by atoms with Gasteiger partial charge in [0, 0.05) is 38.1 Å². The molecule has 29 heavy (non-hydrogen) atoms. The van der Waals surface area contributed by atoms with Crippen LogP contribution in [0.15, 0.2) is 42.6 Å². The maximum atomic E-state index is 5.99. The number of hydrogen-bond donors (Lipinski definition) is 0. The van der Waals surface area contributed by atoms with Crippen LogP contribution < -0.4 is 9.64 Å². The van der Waals surface area contributed by atoms with Crippen LogP contribution in [0.25, 0.3) is 11.2 Å². The predicted molar refractivity (Wildman–Crippen MR) is 115 cm³/mol. The highest BCUT2D eigenvalue weighted by atomic mass is 16.5. The lowest BCUT2D eigenvalue weighted by Crippen LogP contribution is -2.25. The zero-order valence-electron chi connectivity index (χ0n) is 16.9. The van der Waals surface area contributed by atoms with E-state index in [1.807, 2.05) is 50.5 Å². The van der Waals surface area contributed by atoms with Crippen molar-refractivity contribution in [2.24, 2.45) is 0 Å². The number of pyridine rings is 1. The van der Waals surface area contributed by atoms with Crippen LogP contribution in [0.3, 0.4) is 0 Å². The van der Waals surface area contributed by atoms with E-state index in [2.05, 4.69) is 36.6 Å². The maximum absolute atomic E-state index is 5.99. The Morgan fingerprint density at radius 2 is 1.83 bits per heavy atom. The number of aromatic nitrogens is 3. The number of rotatable bonds is 5. The fraction of sp³-hybridized carbons (Fsp3) is 0.348. The summed E-state index contributed by atoms with van der Waals surface area (Å²) in [7, 11) is 4.04. The summed E-state index contributed by atoms with van der Waals surface area (Å²) in [5, 5.41) is 0. The summed E-state index contributed by atoms with van der Waals surface area (Å²) in [4.78, 5) is 18.0. The van der Waals surface area contributed by atoms with Gasteiger partial charge in [0.2, 0.25) is 5.88 Å². The summed E-state index contributed by atoms with van der Waals surface area (Å²) in [6, 6.07) is 11.8. The molecule has 2 aromatic heterocycles. The third-order valence-corrected chi connectivity index (χ3v) is 4.96. The highest BCUT2D eigenvalue weighted by Gasteiger charge is 2.13. The SMILES string of the molecule is CN(C)c1ccc(C#Cc2nc3ncccc3nc2OCCN2CCCC2)cc1. The molecule has 1 saturated heterocycles. The molecule has 0 bridgehead atoms. The molecule has 6 nitrogen and oxygen atoms in total. The van der Waals surface area contributed by atoms with Crippen molar-refractivity contribution in [3.8, 4) is 17.7 Å². The Kier molecular flexibility index (Phi) is 5.87. The van der Waals surface area contributed by atoms with Crippen molar-refractivity contribution in [3.05, 3.63) is 53.9 Å². The Morgan fingerprint density at radius 3 is 2.59 bits per heavy atom. The Labute approximate surface area is 171 Å². The Morgan fingerprint density at radius 1 is 1.03 bits per heavy atom. The molecule has 1 aromatic carbocycles. The standard InChI is InChI=1S/C23H25N5O/c1-27(2)19-10-7-18(8-11-19)9-12-21-23(29-17-16-28-14-3-4-15-28)26-20-6-5-13-24-22(20)25-21/h5-8,10-11,13H,3-4,14-17H2,1-2H3. The van der Waals surface area contributed by atoms with Crippen LogP contribution in [0.2, 0.25) is 0 Å². The van der Waals surface area contributed by atoms with E-state index in [1.54, 1.807) is 6.20 Å². The number of anilines is 1. The van der Waals surface area contributed by atoms with Gasteiger partial charge in [-0.3, -0.25) is 4.90 Å². The molecule has 0 radical (unpaired) electrons. The van der Waals surface area contributed by atoms with E-state index in [4.69, 9.17) is 4.74 Å². The summed E-state index contributed by atoms with van der Waals surface area (Å²) >= 11 is 0. The van der Waals surface area contributed by atoms with Crippen molar-refractivity contribution in [2.45, 2.75) is 12.8 Å². The molecule has 0 atom stereocenters. The van der Waals surface area contributed by atoms with Gasteiger partial charge in [0.05, 0.1) is 0 Å². The molecule has 0 aliphatic carbocycles. The Balaban J connectivity index is 1.57. The topological polar surface area (TPSA) is 54.4 Å². The number of fused-ring (bicyclic) bond motifs is 1. The second-order valence-corrected chi connectivity index (χ2v) is 7.31. The van der Waals surface area contributed by atoms with Gasteiger partial charge in [0.25, 0.3) is 0 Å². The molecule has 0 spiro atoms. The number of ether oxygens (including phenoxy) is 1. The lowest BCUT2D eigenvalue weighted by Gasteiger charge is -2.15. The molecule has 1 aliphatic heterocycles. The molecular formula is C23H25N5O. The van der Waals surface area contributed by atoms with E-state index >= 15 is 0 Å². The third-order valence-electron chi connectivity index (χ3n) is 4.96. The summed E-state index contributed by atoms with van der Waals surface area (Å²) in [6.45, 7) is 3.76. The van der Waals surface area contributed by atoms with Gasteiger partial charge >= 0.3 is 0 Å². The summed E-state index contributed by atoms with van der Waals surface area (Å²) < 4.78 is 5.99. The first-order valence-corrected chi connectivity index (χ1v) is 9.96. The minimum Gasteiger partial charge on any atom is -0.474 e. The first kappa shape index (κ1) is 19.2. The molecule has 3 heterocycles. The number of hydrogen-bond acceptors (Lipinski definition) is 6. The molecule has 1 aliphatic rings. The van der Waals surface area contributed by atoms with Gasteiger partial charge in [-0.2, -0.15) is 0 Å². The minimum absolute atomic E-state index is 0.474. The molecule has 6 heteroatoms. The van der Waals surface area contributed by atoms with Crippen LogP contribution in [0, 0.1) is 11.8 Å². The molecule has 0 unspecified atom stereocenters. The smallest absolute Gasteiger partial charge is 0.249 e. The van der Waals surface area contributed by atoms with Gasteiger partial charge < -0.3 is 9.64 Å². The molecule has 3 aromatic rings. The first-order valence-electron chi connectivity index (χ1n) is 9.96. The van der Waals surface area contributed by atoms with Crippen molar-refractivity contribution < 1.29 is 4.74 Å². The lowest BCUT2D eigenvalue weighted by atomic mass is 10.2. The fourth-order valence-electron chi connectivity index (χ4n) is 3.31. The predicted octanol–water partition coefficient (Wildman–Crippen LogP) is 2.97. The average Bonchev–Trinajstić information content (AvgIpc) is 3.26. The molecule has 0 amide bonds. The van der Waals surface area contributed by atoms with Crippen molar-refractivity contribution >= 4 is 16.9 Å². The van der Waals surface area contributed by atoms with E-state index in [1.165, 1.54) is 12.8 Å². The van der Waals surface area contributed by atoms with Crippen molar-refractivity contribution in [1.29, 1.82) is 0 Å². The first-order chi connectivity index (χ1) is 14.2. The quantitative estimate of drug-likeness (QED) is 0.628. The van der Waals surface area contributed by atoms with Crippen LogP contribution in [-0.4, -0.2) is 60.2 Å². The van der Waals surface area contributed by atoms with Crippen LogP contribution in [0.4, 0.5) is 5.69 Å². The van der Waals surface area contributed by atoms with Crippen LogP contribution in [-0.2, 0) is 0 Å². The Hall–Kier alpha value is -3.17. The number of nitrogens with zero attached hydrogens (tertiary/aromatic N) is 5. The van der Waals surface area contributed by atoms with Crippen molar-refractivity contribution in [3.63, 3.8) is 0 Å². The summed E-state index contributed by atoms with van der Waals surface area (Å²) in [5.74, 6) is 6.78. The third kappa shape index (κ3) is 4.82. The monoisotopic (exact) mass is 387 g/mol. The Bertz CT molecular complexity index is 1030. The van der Waals surface area contributed by atoms with Gasteiger partial charge in [-0.05, 0) is 68.2 Å². The lowest BCUT2D eigenvalue weighted by molar-refractivity contribution is 0.231. The summed E-state index contributed by atoms with van der Waals surface area (Å²) in [6.07, 6.45) is 4.25. The fourth-order valence-corrected chi connectivity index (χ4v) is 3.31. The molecule has 0 saturated carbocycles. The van der Waals surface area contributed by atoms with Gasteiger partial charge in [-0.1, -0.05) is 5.92 Å². The second-order valence-electron chi connectivity index (χ2n) is 7.31. The molecule has 0 N–H and O–H groups in total. The maximum Gasteiger partial charge on any atom is 0.249 e. The summed E-state index contributed by atoms with van der Waals surface area (Å²) in [5.41, 5.74) is 3.86.